The molecule has 0 N–H and O–H groups in total. The summed E-state index contributed by atoms with van der Waals surface area (Å²) in [5.41, 5.74) is 2.21. The highest BCUT2D eigenvalue weighted by Gasteiger charge is 2.12. The highest BCUT2D eigenvalue weighted by Crippen LogP contribution is 2.34. The quantitative estimate of drug-likeness (QED) is 0.379. The Bertz CT molecular complexity index is 748. The molecular formula is C16H7. The zero-order valence-electron chi connectivity index (χ0n) is 8.54. The van der Waals surface area contributed by atoms with E-state index in [1.54, 1.807) is 0 Å². The fraction of sp³-hybridized carbons (Fsp3) is 0. The predicted octanol–water partition coefficient (Wildman–Crippen LogP) is 3.67. The van der Waals surface area contributed by atoms with E-state index in [0.717, 1.165) is 5.56 Å². The van der Waals surface area contributed by atoms with Crippen molar-refractivity contribution in [3.63, 3.8) is 0 Å². The highest BCUT2D eigenvalue weighted by molar-refractivity contribution is 6.06. The molecule has 0 aliphatic heterocycles. The fourth-order valence-electron chi connectivity index (χ4n) is 2.41. The lowest BCUT2D eigenvalue weighted by molar-refractivity contribution is 1.67. The van der Waals surface area contributed by atoms with Gasteiger partial charge < -0.3 is 0 Å². The first-order valence-electron chi connectivity index (χ1n) is 5.32. The Morgan fingerprint density at radius 3 is 2.81 bits per heavy atom. The van der Waals surface area contributed by atoms with Crippen LogP contribution in [0.5, 0.6) is 0 Å². The number of benzene rings is 3. The minimum Gasteiger partial charge on any atom is -0.0616 e. The average molecular weight is 199 g/mol. The minimum atomic E-state index is 1.04. The summed E-state index contributed by atoms with van der Waals surface area (Å²) in [6.45, 7) is 0. The third kappa shape index (κ3) is 0.892. The summed E-state index contributed by atoms with van der Waals surface area (Å²) >= 11 is 0. The third-order valence-corrected chi connectivity index (χ3v) is 3.13. The van der Waals surface area contributed by atoms with Gasteiger partial charge in [0.15, 0.2) is 0 Å². The van der Waals surface area contributed by atoms with Crippen molar-refractivity contribution in [3.8, 4) is 0 Å². The van der Waals surface area contributed by atoms with Gasteiger partial charge in [0.25, 0.3) is 0 Å². The van der Waals surface area contributed by atoms with Crippen molar-refractivity contribution in [2.24, 2.45) is 0 Å². The van der Waals surface area contributed by atoms with Crippen molar-refractivity contribution >= 4 is 21.5 Å². The molecule has 0 fully saturated rings. The van der Waals surface area contributed by atoms with Gasteiger partial charge >= 0.3 is 0 Å². The Balaban J connectivity index is 2.38. The third-order valence-electron chi connectivity index (χ3n) is 3.13. The molecule has 0 unspecified atom stereocenters. The van der Waals surface area contributed by atoms with Crippen molar-refractivity contribution < 1.29 is 0 Å². The zero-order valence-corrected chi connectivity index (χ0v) is 8.54. The molecule has 3 aromatic carbocycles. The molecule has 0 bridgehead atoms. The second kappa shape index (κ2) is 2.73. The van der Waals surface area contributed by atoms with Crippen LogP contribution in [0, 0.1) is 18.2 Å². The van der Waals surface area contributed by atoms with E-state index in [2.05, 4.69) is 54.6 Å². The topological polar surface area (TPSA) is 0 Å². The fourth-order valence-corrected chi connectivity index (χ4v) is 2.41. The Labute approximate surface area is 93.8 Å². The van der Waals surface area contributed by atoms with Gasteiger partial charge in [0, 0.05) is 0 Å². The smallest absolute Gasteiger partial charge is 0.0000246 e. The summed E-state index contributed by atoms with van der Waals surface area (Å²) in [4.78, 5) is 0. The Hall–Kier alpha value is -2.08. The van der Waals surface area contributed by atoms with Gasteiger partial charge in [0.2, 0.25) is 0 Å². The molecule has 0 amide bonds. The molecule has 71 valence electrons. The lowest BCUT2D eigenvalue weighted by atomic mass is 9.98. The van der Waals surface area contributed by atoms with E-state index in [9.17, 15) is 0 Å². The first-order chi connectivity index (χ1) is 7.93. The molecule has 0 nitrogen and oxygen atoms in total. The van der Waals surface area contributed by atoms with Crippen molar-refractivity contribution in [2.75, 3.05) is 0 Å². The minimum absolute atomic E-state index is 1.04. The van der Waals surface area contributed by atoms with Gasteiger partial charge in [-0.25, -0.2) is 0 Å². The summed E-state index contributed by atoms with van der Waals surface area (Å²) in [7, 11) is 0. The molecule has 3 radical (unpaired) electrons. The van der Waals surface area contributed by atoms with E-state index in [4.69, 9.17) is 0 Å². The van der Waals surface area contributed by atoms with E-state index in [1.165, 1.54) is 27.1 Å². The van der Waals surface area contributed by atoms with Crippen molar-refractivity contribution in [2.45, 2.75) is 0 Å². The molecule has 1 aliphatic rings. The molecule has 16 heavy (non-hydrogen) atoms. The van der Waals surface area contributed by atoms with Crippen LogP contribution in [0.25, 0.3) is 21.5 Å². The summed E-state index contributed by atoms with van der Waals surface area (Å²) in [6, 6.07) is 17.9. The Morgan fingerprint density at radius 2 is 1.81 bits per heavy atom. The van der Waals surface area contributed by atoms with Gasteiger partial charge in [0.05, 0.1) is 0 Å². The van der Waals surface area contributed by atoms with Gasteiger partial charge in [-0.1, -0.05) is 36.4 Å². The number of hydrogen-bond donors (Lipinski definition) is 0. The van der Waals surface area contributed by atoms with Crippen molar-refractivity contribution in [1.29, 1.82) is 0 Å². The van der Waals surface area contributed by atoms with Crippen LogP contribution in [0.2, 0.25) is 0 Å². The van der Waals surface area contributed by atoms with Crippen LogP contribution < -0.4 is 0 Å². The monoisotopic (exact) mass is 199 g/mol. The lowest BCUT2D eigenvalue weighted by Crippen LogP contribution is -1.82. The highest BCUT2D eigenvalue weighted by atomic mass is 14.1. The zero-order chi connectivity index (χ0) is 10.5. The number of rotatable bonds is 0. The predicted molar refractivity (Wildman–Crippen MR) is 65.0 cm³/mol. The summed E-state index contributed by atoms with van der Waals surface area (Å²) in [6.07, 6.45) is 6.40. The van der Waals surface area contributed by atoms with Crippen LogP contribution >= 0.6 is 0 Å². The van der Waals surface area contributed by atoms with E-state index >= 15 is 0 Å². The number of fused-ring (bicyclic) bond motifs is 2. The first-order valence-corrected chi connectivity index (χ1v) is 5.32. The second-order valence-corrected chi connectivity index (χ2v) is 4.04. The van der Waals surface area contributed by atoms with E-state index in [-0.39, 0.29) is 0 Å². The summed E-state index contributed by atoms with van der Waals surface area (Å²) in [5.74, 6) is 0. The van der Waals surface area contributed by atoms with Crippen LogP contribution in [0.3, 0.4) is 0 Å². The van der Waals surface area contributed by atoms with Gasteiger partial charge in [-0.15, -0.1) is 0 Å². The Morgan fingerprint density at radius 1 is 0.875 bits per heavy atom. The molecule has 0 aromatic heterocycles. The first kappa shape index (κ1) is 8.12. The molecule has 1 aliphatic carbocycles. The molecular weight excluding hydrogens is 192 g/mol. The largest absolute Gasteiger partial charge is 0.0616 e. The van der Waals surface area contributed by atoms with Crippen LogP contribution in [-0.4, -0.2) is 0 Å². The van der Waals surface area contributed by atoms with Gasteiger partial charge in [0.1, 0.15) is 0 Å². The van der Waals surface area contributed by atoms with Gasteiger partial charge in [-0.3, -0.25) is 0 Å². The summed E-state index contributed by atoms with van der Waals surface area (Å²) in [5, 5.41) is 5.00. The second-order valence-electron chi connectivity index (χ2n) is 4.04. The molecule has 3 aromatic rings. The van der Waals surface area contributed by atoms with E-state index < -0.39 is 0 Å². The molecule has 4 rings (SSSR count). The maximum Gasteiger partial charge on any atom is -0.0000246 e. The van der Waals surface area contributed by atoms with Gasteiger partial charge in [-0.05, 0) is 57.0 Å². The van der Waals surface area contributed by atoms with E-state index in [0.29, 0.717) is 0 Å². The molecule has 0 heterocycles. The SMILES string of the molecule is [C]1=[C]c2c3ccccc3cc3cc[c]c1c23. The number of hydrogen-bond acceptors (Lipinski definition) is 0. The molecule has 0 saturated heterocycles. The van der Waals surface area contributed by atoms with Crippen molar-refractivity contribution in [3.05, 3.63) is 71.8 Å². The summed E-state index contributed by atoms with van der Waals surface area (Å²) < 4.78 is 0. The maximum atomic E-state index is 3.24. The molecule has 0 saturated carbocycles. The lowest BCUT2D eigenvalue weighted by Gasteiger charge is -2.05. The average Bonchev–Trinajstić information content (AvgIpc) is 2.76. The normalized spacial score (nSPS) is 12.8. The van der Waals surface area contributed by atoms with E-state index in [1.807, 2.05) is 6.07 Å². The van der Waals surface area contributed by atoms with Crippen LogP contribution in [0.1, 0.15) is 11.1 Å². The molecule has 0 spiro atoms. The Kier molecular flexibility index (Phi) is 1.39. The molecule has 0 atom stereocenters. The van der Waals surface area contributed by atoms with Crippen molar-refractivity contribution in [1.82, 2.24) is 0 Å². The molecule has 0 heteroatoms. The van der Waals surface area contributed by atoms with Crippen LogP contribution in [0.15, 0.2) is 42.5 Å². The van der Waals surface area contributed by atoms with Crippen LogP contribution in [-0.2, 0) is 0 Å². The standard InChI is InChI=1S/C16H7/c1-2-7-14-12(4-1)10-13-6-3-5-11-8-9-15(14)16(11)13/h1-4,6-7,10H. The van der Waals surface area contributed by atoms with Gasteiger partial charge in [-0.2, -0.15) is 0 Å². The van der Waals surface area contributed by atoms with Crippen LogP contribution in [0.4, 0.5) is 0 Å². The maximum absolute atomic E-state index is 3.24.